The predicted octanol–water partition coefficient (Wildman–Crippen LogP) is 4.16. The number of rotatable bonds is 7. The van der Waals surface area contributed by atoms with Crippen LogP contribution in [-0.2, 0) is 21.3 Å². The normalized spacial score (nSPS) is 11.5. The van der Waals surface area contributed by atoms with E-state index >= 15 is 0 Å². The minimum atomic E-state index is -3.67. The number of sulfonamides is 1. The summed E-state index contributed by atoms with van der Waals surface area (Å²) >= 11 is 0. The minimum Gasteiger partial charge on any atom is -0.444 e. The third kappa shape index (κ3) is 7.39. The Morgan fingerprint density at radius 2 is 1.53 bits per heavy atom. The van der Waals surface area contributed by atoms with Crippen molar-refractivity contribution in [1.82, 2.24) is 9.71 Å². The van der Waals surface area contributed by atoms with Crippen molar-refractivity contribution in [3.63, 3.8) is 0 Å². The molecule has 0 bridgehead atoms. The first kappa shape index (κ1) is 24.9. The van der Waals surface area contributed by atoms with Crippen LogP contribution in [0, 0.1) is 0 Å². The SMILES string of the molecule is CC(C)(C)OC(=O)Nc1ccc(NC(=O)c2ccc(CNS(=O)(=O)c3cccnc3)cc2)cc1. The maximum Gasteiger partial charge on any atom is 0.412 e. The molecule has 0 atom stereocenters. The van der Waals surface area contributed by atoms with Crippen LogP contribution in [0.2, 0.25) is 0 Å². The molecule has 1 heterocycles. The number of hydrogen-bond acceptors (Lipinski definition) is 6. The van der Waals surface area contributed by atoms with Gasteiger partial charge in [-0.2, -0.15) is 0 Å². The van der Waals surface area contributed by atoms with E-state index in [2.05, 4.69) is 20.3 Å². The van der Waals surface area contributed by atoms with Gasteiger partial charge in [-0.1, -0.05) is 12.1 Å². The molecule has 0 saturated carbocycles. The van der Waals surface area contributed by atoms with Gasteiger partial charge in [-0.25, -0.2) is 17.9 Å². The second kappa shape index (κ2) is 10.4. The number of nitrogens with one attached hydrogen (secondary N) is 3. The monoisotopic (exact) mass is 482 g/mol. The molecule has 3 aromatic rings. The second-order valence-electron chi connectivity index (χ2n) is 8.37. The number of anilines is 2. The molecule has 0 fully saturated rings. The number of carbonyl (C=O) groups is 2. The molecule has 2 aromatic carbocycles. The van der Waals surface area contributed by atoms with Crippen molar-refractivity contribution in [1.29, 1.82) is 0 Å². The smallest absolute Gasteiger partial charge is 0.412 e. The zero-order chi connectivity index (χ0) is 24.8. The number of pyridine rings is 1. The molecular formula is C24H26N4O5S. The van der Waals surface area contributed by atoms with Crippen LogP contribution >= 0.6 is 0 Å². The van der Waals surface area contributed by atoms with Crippen molar-refractivity contribution in [2.75, 3.05) is 10.6 Å². The molecule has 178 valence electrons. The zero-order valence-corrected chi connectivity index (χ0v) is 19.8. The Labute approximate surface area is 198 Å². The van der Waals surface area contributed by atoms with Gasteiger partial charge in [-0.05, 0) is 74.9 Å². The Kier molecular flexibility index (Phi) is 7.64. The van der Waals surface area contributed by atoms with E-state index in [1.165, 1.54) is 18.5 Å². The molecule has 9 nitrogen and oxygen atoms in total. The number of hydrogen-bond donors (Lipinski definition) is 3. The van der Waals surface area contributed by atoms with Crippen molar-refractivity contribution in [2.24, 2.45) is 0 Å². The van der Waals surface area contributed by atoms with Crippen LogP contribution < -0.4 is 15.4 Å². The minimum absolute atomic E-state index is 0.0746. The number of amides is 2. The molecule has 1 aromatic heterocycles. The van der Waals surface area contributed by atoms with Gasteiger partial charge in [-0.15, -0.1) is 0 Å². The Hall–Kier alpha value is -3.76. The fourth-order valence-corrected chi connectivity index (χ4v) is 3.78. The van der Waals surface area contributed by atoms with Gasteiger partial charge < -0.3 is 10.1 Å². The summed E-state index contributed by atoms with van der Waals surface area (Å²) in [6.07, 6.45) is 2.21. The molecule has 0 spiro atoms. The molecule has 0 aliphatic heterocycles. The van der Waals surface area contributed by atoms with Gasteiger partial charge >= 0.3 is 6.09 Å². The molecule has 0 aliphatic carbocycles. The molecule has 34 heavy (non-hydrogen) atoms. The molecule has 3 rings (SSSR count). The highest BCUT2D eigenvalue weighted by Crippen LogP contribution is 2.17. The Morgan fingerprint density at radius 1 is 0.912 bits per heavy atom. The van der Waals surface area contributed by atoms with Crippen LogP contribution in [0.4, 0.5) is 16.2 Å². The fourth-order valence-electron chi connectivity index (χ4n) is 2.80. The Bertz CT molecular complexity index is 1240. The lowest BCUT2D eigenvalue weighted by Crippen LogP contribution is -2.27. The number of aromatic nitrogens is 1. The van der Waals surface area contributed by atoms with Gasteiger partial charge in [0.05, 0.1) is 0 Å². The second-order valence-corrected chi connectivity index (χ2v) is 10.1. The summed E-state index contributed by atoms with van der Waals surface area (Å²) in [4.78, 5) is 28.3. The van der Waals surface area contributed by atoms with Crippen molar-refractivity contribution in [3.8, 4) is 0 Å². The number of carbonyl (C=O) groups excluding carboxylic acids is 2. The van der Waals surface area contributed by atoms with Gasteiger partial charge in [-0.3, -0.25) is 15.1 Å². The van der Waals surface area contributed by atoms with Crippen molar-refractivity contribution in [3.05, 3.63) is 84.2 Å². The standard InChI is InChI=1S/C24H26N4O5S/c1-24(2,3)33-23(30)28-20-12-10-19(11-13-20)27-22(29)18-8-6-17(7-9-18)15-26-34(31,32)21-5-4-14-25-16-21/h4-14,16,26H,15H2,1-3H3,(H,27,29)(H,28,30). The first-order valence-corrected chi connectivity index (χ1v) is 11.9. The van der Waals surface area contributed by atoms with E-state index in [9.17, 15) is 18.0 Å². The van der Waals surface area contributed by atoms with E-state index in [0.29, 0.717) is 22.5 Å². The van der Waals surface area contributed by atoms with Crippen molar-refractivity contribution >= 4 is 33.4 Å². The summed E-state index contributed by atoms with van der Waals surface area (Å²) in [6.45, 7) is 5.40. The Morgan fingerprint density at radius 3 is 2.09 bits per heavy atom. The first-order chi connectivity index (χ1) is 16.0. The lowest BCUT2D eigenvalue weighted by Gasteiger charge is -2.19. The largest absolute Gasteiger partial charge is 0.444 e. The molecule has 0 unspecified atom stereocenters. The third-order valence-corrected chi connectivity index (χ3v) is 5.80. The molecular weight excluding hydrogens is 456 g/mol. The van der Waals surface area contributed by atoms with Crippen LogP contribution in [-0.4, -0.2) is 31.0 Å². The van der Waals surface area contributed by atoms with Gasteiger partial charge in [0.15, 0.2) is 0 Å². The van der Waals surface area contributed by atoms with E-state index in [1.54, 1.807) is 75.4 Å². The zero-order valence-electron chi connectivity index (χ0n) is 19.0. The van der Waals surface area contributed by atoms with E-state index in [1.807, 2.05) is 0 Å². The van der Waals surface area contributed by atoms with Crippen molar-refractivity contribution in [2.45, 2.75) is 37.8 Å². The Balaban J connectivity index is 1.54. The van der Waals surface area contributed by atoms with Crippen LogP contribution in [0.3, 0.4) is 0 Å². The quantitative estimate of drug-likeness (QED) is 0.464. The van der Waals surface area contributed by atoms with Gasteiger partial charge in [0.1, 0.15) is 10.5 Å². The number of ether oxygens (including phenoxy) is 1. The average Bonchev–Trinajstić information content (AvgIpc) is 2.79. The van der Waals surface area contributed by atoms with Crippen LogP contribution in [0.15, 0.2) is 78.0 Å². The fraction of sp³-hybridized carbons (Fsp3) is 0.208. The summed E-state index contributed by atoms with van der Waals surface area (Å²) in [5.74, 6) is -0.324. The van der Waals surface area contributed by atoms with E-state index in [-0.39, 0.29) is 17.3 Å². The van der Waals surface area contributed by atoms with Crippen LogP contribution in [0.25, 0.3) is 0 Å². The molecule has 0 aliphatic rings. The third-order valence-electron chi connectivity index (χ3n) is 4.42. The van der Waals surface area contributed by atoms with E-state index in [4.69, 9.17) is 4.74 Å². The van der Waals surface area contributed by atoms with E-state index in [0.717, 1.165) is 0 Å². The number of nitrogens with zero attached hydrogens (tertiary/aromatic N) is 1. The molecule has 2 amide bonds. The van der Waals surface area contributed by atoms with Crippen molar-refractivity contribution < 1.29 is 22.7 Å². The van der Waals surface area contributed by atoms with E-state index < -0.39 is 21.7 Å². The van der Waals surface area contributed by atoms with Gasteiger partial charge in [0.25, 0.3) is 5.91 Å². The molecule has 3 N–H and O–H groups in total. The predicted molar refractivity (Wildman–Crippen MR) is 129 cm³/mol. The first-order valence-electron chi connectivity index (χ1n) is 10.4. The van der Waals surface area contributed by atoms with Gasteiger partial charge in [0, 0.05) is 35.9 Å². The maximum absolute atomic E-state index is 12.5. The number of benzene rings is 2. The highest BCUT2D eigenvalue weighted by Gasteiger charge is 2.16. The highest BCUT2D eigenvalue weighted by atomic mass is 32.2. The summed E-state index contributed by atoms with van der Waals surface area (Å²) in [6, 6.07) is 16.2. The molecule has 0 radical (unpaired) electrons. The molecule has 0 saturated heterocycles. The molecule has 10 heteroatoms. The van der Waals surface area contributed by atoms with Crippen LogP contribution in [0.5, 0.6) is 0 Å². The lowest BCUT2D eigenvalue weighted by atomic mass is 10.1. The summed E-state index contributed by atoms with van der Waals surface area (Å²) < 4.78 is 32.3. The average molecular weight is 483 g/mol. The summed E-state index contributed by atoms with van der Waals surface area (Å²) in [5, 5.41) is 5.40. The highest BCUT2D eigenvalue weighted by molar-refractivity contribution is 7.89. The lowest BCUT2D eigenvalue weighted by molar-refractivity contribution is 0.0635. The summed E-state index contributed by atoms with van der Waals surface area (Å²) in [7, 11) is -3.67. The topological polar surface area (TPSA) is 126 Å². The van der Waals surface area contributed by atoms with Crippen LogP contribution in [0.1, 0.15) is 36.7 Å². The van der Waals surface area contributed by atoms with Gasteiger partial charge in [0.2, 0.25) is 10.0 Å². The maximum atomic E-state index is 12.5. The summed E-state index contributed by atoms with van der Waals surface area (Å²) in [5.41, 5.74) is 1.59.